The first-order valence-electron chi connectivity index (χ1n) is 7.99. The summed E-state index contributed by atoms with van der Waals surface area (Å²) in [4.78, 5) is 23.5. The maximum Gasteiger partial charge on any atom is 0.239 e. The normalized spacial score (nSPS) is 12.7. The van der Waals surface area contributed by atoms with Crippen molar-refractivity contribution in [1.82, 2.24) is 10.6 Å². The number of hydrogen-bond donors (Lipinski definition) is 3. The highest BCUT2D eigenvalue weighted by molar-refractivity contribution is 5.87. The number of aliphatic hydroxyl groups is 1. The van der Waals surface area contributed by atoms with Crippen LogP contribution in [0.3, 0.4) is 0 Å². The number of carbonyl (C=O) groups excluding carboxylic acids is 2. The lowest BCUT2D eigenvalue weighted by Gasteiger charge is -2.18. The number of rotatable bonds is 5. The van der Waals surface area contributed by atoms with E-state index in [0.29, 0.717) is 0 Å². The third-order valence-electron chi connectivity index (χ3n) is 3.74. The van der Waals surface area contributed by atoms with Crippen LogP contribution in [0.15, 0.2) is 42.5 Å². The van der Waals surface area contributed by atoms with Gasteiger partial charge in [-0.3, -0.25) is 9.59 Å². The van der Waals surface area contributed by atoms with E-state index in [0.717, 1.165) is 16.3 Å². The van der Waals surface area contributed by atoms with E-state index in [1.54, 1.807) is 20.8 Å². The van der Waals surface area contributed by atoms with Crippen molar-refractivity contribution < 1.29 is 14.7 Å². The van der Waals surface area contributed by atoms with E-state index in [4.69, 9.17) is 0 Å². The fourth-order valence-electron chi connectivity index (χ4n) is 2.23. The molecule has 2 rings (SSSR count). The molecule has 128 valence electrons. The highest BCUT2D eigenvalue weighted by Crippen LogP contribution is 2.20. The summed E-state index contributed by atoms with van der Waals surface area (Å²) in [5.41, 5.74) is 0.206. The summed E-state index contributed by atoms with van der Waals surface area (Å²) in [6.07, 6.45) is -0.795. The van der Waals surface area contributed by atoms with Gasteiger partial charge in [-0.05, 0) is 22.4 Å². The third-order valence-corrected chi connectivity index (χ3v) is 3.74. The molecule has 1 unspecified atom stereocenters. The number of fused-ring (bicyclic) bond motifs is 1. The van der Waals surface area contributed by atoms with Gasteiger partial charge in [0.1, 0.15) is 0 Å². The molecule has 0 radical (unpaired) electrons. The molecule has 2 amide bonds. The Bertz CT molecular complexity index is 735. The van der Waals surface area contributed by atoms with E-state index in [1.807, 2.05) is 42.5 Å². The van der Waals surface area contributed by atoms with Gasteiger partial charge in [0.05, 0.1) is 12.6 Å². The number of nitrogens with one attached hydrogen (secondary N) is 2. The van der Waals surface area contributed by atoms with Crippen LogP contribution in [0.5, 0.6) is 0 Å². The summed E-state index contributed by atoms with van der Waals surface area (Å²) in [6.45, 7) is 5.35. The molecule has 0 aliphatic heterocycles. The molecule has 0 aliphatic carbocycles. The quantitative estimate of drug-likeness (QED) is 0.787. The highest BCUT2D eigenvalue weighted by atomic mass is 16.3. The third kappa shape index (κ3) is 4.80. The summed E-state index contributed by atoms with van der Waals surface area (Å²) < 4.78 is 0. The molecule has 0 heterocycles. The lowest BCUT2D eigenvalue weighted by atomic mass is 9.96. The van der Waals surface area contributed by atoms with E-state index in [9.17, 15) is 14.7 Å². The van der Waals surface area contributed by atoms with Crippen LogP contribution in [-0.2, 0) is 9.59 Å². The minimum atomic E-state index is -0.795. The molecule has 2 aromatic rings. The van der Waals surface area contributed by atoms with Crippen LogP contribution < -0.4 is 10.6 Å². The van der Waals surface area contributed by atoms with Gasteiger partial charge < -0.3 is 15.7 Å². The van der Waals surface area contributed by atoms with Crippen molar-refractivity contribution in [1.29, 1.82) is 0 Å². The Morgan fingerprint density at radius 2 is 1.71 bits per heavy atom. The van der Waals surface area contributed by atoms with Crippen molar-refractivity contribution in [2.24, 2.45) is 5.41 Å². The second-order valence-corrected chi connectivity index (χ2v) is 6.86. The Balaban J connectivity index is 1.86. The monoisotopic (exact) mass is 328 g/mol. The molecule has 0 spiro atoms. The maximum atomic E-state index is 11.8. The Morgan fingerprint density at radius 1 is 1.04 bits per heavy atom. The topological polar surface area (TPSA) is 78.4 Å². The fraction of sp³-hybridized carbons (Fsp3) is 0.368. The molecule has 0 aliphatic rings. The van der Waals surface area contributed by atoms with Gasteiger partial charge in [0, 0.05) is 12.0 Å². The SMILES string of the molecule is CC(C)(C)C(=O)NCC(=O)NCC(O)c1ccc2ccccc2c1. The summed E-state index contributed by atoms with van der Waals surface area (Å²) in [6, 6.07) is 13.6. The van der Waals surface area contributed by atoms with Gasteiger partial charge in [-0.1, -0.05) is 57.2 Å². The van der Waals surface area contributed by atoms with Crippen molar-refractivity contribution in [2.75, 3.05) is 13.1 Å². The lowest BCUT2D eigenvalue weighted by molar-refractivity contribution is -0.131. The molecule has 2 aromatic carbocycles. The van der Waals surface area contributed by atoms with Crippen LogP contribution >= 0.6 is 0 Å². The van der Waals surface area contributed by atoms with Gasteiger partial charge in [-0.25, -0.2) is 0 Å². The van der Waals surface area contributed by atoms with Crippen LogP contribution in [0.4, 0.5) is 0 Å². The van der Waals surface area contributed by atoms with Crippen molar-refractivity contribution in [3.63, 3.8) is 0 Å². The van der Waals surface area contributed by atoms with E-state index in [2.05, 4.69) is 10.6 Å². The molecule has 0 saturated heterocycles. The average Bonchev–Trinajstić information content (AvgIpc) is 2.56. The minimum absolute atomic E-state index is 0.0967. The molecular weight excluding hydrogens is 304 g/mol. The zero-order chi connectivity index (χ0) is 17.7. The van der Waals surface area contributed by atoms with Crippen LogP contribution in [0.2, 0.25) is 0 Å². The molecule has 0 bridgehead atoms. The van der Waals surface area contributed by atoms with Crippen LogP contribution in [0.25, 0.3) is 10.8 Å². The molecule has 0 aromatic heterocycles. The first-order valence-corrected chi connectivity index (χ1v) is 7.99. The van der Waals surface area contributed by atoms with Gasteiger partial charge in [0.25, 0.3) is 0 Å². The van der Waals surface area contributed by atoms with Crippen molar-refractivity contribution in [3.05, 3.63) is 48.0 Å². The Morgan fingerprint density at radius 3 is 2.38 bits per heavy atom. The number of amides is 2. The van der Waals surface area contributed by atoms with Gasteiger partial charge >= 0.3 is 0 Å². The molecule has 0 saturated carbocycles. The fourth-order valence-corrected chi connectivity index (χ4v) is 2.23. The molecule has 24 heavy (non-hydrogen) atoms. The van der Waals surface area contributed by atoms with Crippen molar-refractivity contribution in [3.8, 4) is 0 Å². The van der Waals surface area contributed by atoms with Crippen LogP contribution in [-0.4, -0.2) is 30.0 Å². The van der Waals surface area contributed by atoms with Gasteiger partial charge in [-0.2, -0.15) is 0 Å². The predicted octanol–water partition coefficient (Wildman–Crippen LogP) is 2.15. The van der Waals surface area contributed by atoms with Gasteiger partial charge in [0.15, 0.2) is 0 Å². The lowest BCUT2D eigenvalue weighted by Crippen LogP contribution is -2.42. The number of aliphatic hydroxyl groups excluding tert-OH is 1. The summed E-state index contributed by atoms with van der Waals surface area (Å²) >= 11 is 0. The summed E-state index contributed by atoms with van der Waals surface area (Å²) in [7, 11) is 0. The second-order valence-electron chi connectivity index (χ2n) is 6.86. The molecular formula is C19H24N2O3. The smallest absolute Gasteiger partial charge is 0.239 e. The van der Waals surface area contributed by atoms with Gasteiger partial charge in [-0.15, -0.1) is 0 Å². The largest absolute Gasteiger partial charge is 0.387 e. The van der Waals surface area contributed by atoms with E-state index in [-0.39, 0.29) is 24.9 Å². The zero-order valence-electron chi connectivity index (χ0n) is 14.3. The average molecular weight is 328 g/mol. The highest BCUT2D eigenvalue weighted by Gasteiger charge is 2.21. The number of carbonyl (C=O) groups is 2. The van der Waals surface area contributed by atoms with Crippen LogP contribution in [0.1, 0.15) is 32.4 Å². The standard InChI is InChI=1S/C19H24N2O3/c1-19(2,3)18(24)21-12-17(23)20-11-16(22)15-9-8-13-6-4-5-7-14(13)10-15/h4-10,16,22H,11-12H2,1-3H3,(H,20,23)(H,21,24). The molecule has 5 heteroatoms. The van der Waals surface area contributed by atoms with Gasteiger partial charge in [0.2, 0.25) is 11.8 Å². The molecule has 1 atom stereocenters. The first-order chi connectivity index (χ1) is 11.3. The van der Waals surface area contributed by atoms with Crippen molar-refractivity contribution in [2.45, 2.75) is 26.9 Å². The van der Waals surface area contributed by atoms with E-state index in [1.165, 1.54) is 0 Å². The first kappa shape index (κ1) is 17.9. The molecule has 3 N–H and O–H groups in total. The minimum Gasteiger partial charge on any atom is -0.387 e. The number of benzene rings is 2. The molecule has 0 fully saturated rings. The van der Waals surface area contributed by atoms with Crippen LogP contribution in [0, 0.1) is 5.41 Å². The number of hydrogen-bond acceptors (Lipinski definition) is 3. The Hall–Kier alpha value is -2.40. The van der Waals surface area contributed by atoms with Crippen molar-refractivity contribution >= 4 is 22.6 Å². The summed E-state index contributed by atoms with van der Waals surface area (Å²) in [5.74, 6) is -0.514. The molecule has 5 nitrogen and oxygen atoms in total. The van der Waals surface area contributed by atoms with E-state index >= 15 is 0 Å². The zero-order valence-corrected chi connectivity index (χ0v) is 14.3. The second kappa shape index (κ2) is 7.45. The van der Waals surface area contributed by atoms with E-state index < -0.39 is 11.5 Å². The predicted molar refractivity (Wildman–Crippen MR) is 94.4 cm³/mol. The summed E-state index contributed by atoms with van der Waals surface area (Å²) in [5, 5.41) is 17.6. The Labute approximate surface area is 142 Å². The Kier molecular flexibility index (Phi) is 5.57. The maximum absolute atomic E-state index is 11.8.